The first-order valence-electron chi connectivity index (χ1n) is 10.3. The fourth-order valence-corrected chi connectivity index (χ4v) is 5.54. The number of aryl methyl sites for hydroxylation is 1. The Labute approximate surface area is 179 Å². The van der Waals surface area contributed by atoms with Crippen LogP contribution in [0.3, 0.4) is 0 Å². The zero-order chi connectivity index (χ0) is 20.7. The monoisotopic (exact) mass is 419 g/mol. The van der Waals surface area contributed by atoms with Gasteiger partial charge in [-0.15, -0.1) is 11.3 Å². The van der Waals surface area contributed by atoms with Crippen LogP contribution in [-0.4, -0.2) is 37.2 Å². The third-order valence-electron chi connectivity index (χ3n) is 6.06. The van der Waals surface area contributed by atoms with Crippen LogP contribution < -0.4 is 15.0 Å². The van der Waals surface area contributed by atoms with Crippen molar-refractivity contribution in [2.45, 2.75) is 6.42 Å². The largest absolute Gasteiger partial charge is 0.495 e. The van der Waals surface area contributed by atoms with Crippen LogP contribution in [0, 0.1) is 5.92 Å². The second-order valence-corrected chi connectivity index (χ2v) is 8.92. The Balaban J connectivity index is 1.26. The molecule has 1 aliphatic heterocycles. The number of hydrogen-bond donors (Lipinski definition) is 1. The number of para-hydroxylation sites is 3. The van der Waals surface area contributed by atoms with Crippen LogP contribution in [0.5, 0.6) is 5.75 Å². The van der Waals surface area contributed by atoms with E-state index in [1.165, 1.54) is 10.9 Å². The van der Waals surface area contributed by atoms with Gasteiger partial charge in [-0.25, -0.2) is 0 Å². The molecule has 0 aliphatic carbocycles. The maximum absolute atomic E-state index is 12.8. The third-order valence-corrected chi connectivity index (χ3v) is 7.27. The van der Waals surface area contributed by atoms with E-state index in [4.69, 9.17) is 4.74 Å². The van der Waals surface area contributed by atoms with Gasteiger partial charge in [0.2, 0.25) is 0 Å². The molecule has 1 saturated heterocycles. The topological polar surface area (TPSA) is 46.5 Å². The van der Waals surface area contributed by atoms with Gasteiger partial charge in [0.1, 0.15) is 10.6 Å². The van der Waals surface area contributed by atoms with E-state index in [1.807, 2.05) is 30.3 Å². The molecule has 0 saturated carbocycles. The van der Waals surface area contributed by atoms with Gasteiger partial charge in [-0.2, -0.15) is 0 Å². The Morgan fingerprint density at radius 2 is 1.97 bits per heavy atom. The number of hydrogen-bond acceptors (Lipinski definition) is 4. The molecule has 1 amide bonds. The van der Waals surface area contributed by atoms with Crippen LogP contribution >= 0.6 is 11.3 Å². The second-order valence-electron chi connectivity index (χ2n) is 7.89. The van der Waals surface area contributed by atoms with Gasteiger partial charge in [0.05, 0.1) is 17.7 Å². The number of carbonyl (C=O) groups is 1. The number of nitrogens with zero attached hydrogens (tertiary/aromatic N) is 2. The number of nitrogens with one attached hydrogen (secondary N) is 1. The molecular weight excluding hydrogens is 394 g/mol. The number of benzene rings is 2. The highest BCUT2D eigenvalue weighted by Crippen LogP contribution is 2.35. The fraction of sp³-hybridized carbons (Fsp3) is 0.292. The van der Waals surface area contributed by atoms with E-state index < -0.39 is 0 Å². The lowest BCUT2D eigenvalue weighted by molar-refractivity contribution is 0.0952. The van der Waals surface area contributed by atoms with Crippen LogP contribution in [0.1, 0.15) is 16.1 Å². The first-order chi connectivity index (χ1) is 14.7. The Morgan fingerprint density at radius 1 is 1.17 bits per heavy atom. The number of anilines is 1. The number of carbonyl (C=O) groups excluding carboxylic acids is 1. The van der Waals surface area contributed by atoms with Crippen molar-refractivity contribution in [3.63, 3.8) is 0 Å². The van der Waals surface area contributed by atoms with E-state index in [-0.39, 0.29) is 5.91 Å². The van der Waals surface area contributed by atoms with E-state index in [0.29, 0.717) is 12.5 Å². The van der Waals surface area contributed by atoms with Crippen molar-refractivity contribution < 1.29 is 9.53 Å². The van der Waals surface area contributed by atoms with Crippen LogP contribution in [0.2, 0.25) is 0 Å². The lowest BCUT2D eigenvalue weighted by Crippen LogP contribution is -2.30. The summed E-state index contributed by atoms with van der Waals surface area (Å²) in [5.74, 6) is 1.37. The molecule has 0 spiro atoms. The predicted octanol–water partition coefficient (Wildman–Crippen LogP) is 4.66. The minimum Gasteiger partial charge on any atom is -0.495 e. The highest BCUT2D eigenvalue weighted by molar-refractivity contribution is 7.20. The average Bonchev–Trinajstić information content (AvgIpc) is 3.49. The summed E-state index contributed by atoms with van der Waals surface area (Å²) < 4.78 is 7.67. The van der Waals surface area contributed by atoms with Crippen LogP contribution in [0.4, 0.5) is 5.69 Å². The first kappa shape index (κ1) is 19.0. The smallest absolute Gasteiger partial charge is 0.261 e. The molecule has 2 aromatic heterocycles. The summed E-state index contributed by atoms with van der Waals surface area (Å²) in [7, 11) is 3.77. The maximum Gasteiger partial charge on any atom is 0.261 e. The van der Waals surface area contributed by atoms with Crippen molar-refractivity contribution in [3.05, 3.63) is 59.5 Å². The summed E-state index contributed by atoms with van der Waals surface area (Å²) in [6.07, 6.45) is 1.06. The van der Waals surface area contributed by atoms with Gasteiger partial charge in [-0.05, 0) is 36.6 Å². The summed E-state index contributed by atoms with van der Waals surface area (Å²) in [4.78, 5) is 17.1. The quantitative estimate of drug-likeness (QED) is 0.512. The van der Waals surface area contributed by atoms with Gasteiger partial charge in [-0.1, -0.05) is 30.3 Å². The maximum atomic E-state index is 12.8. The molecule has 5 rings (SSSR count). The molecule has 1 N–H and O–H groups in total. The van der Waals surface area contributed by atoms with Gasteiger partial charge in [-0.3, -0.25) is 4.79 Å². The predicted molar refractivity (Wildman–Crippen MR) is 124 cm³/mol. The Kier molecular flexibility index (Phi) is 4.87. The summed E-state index contributed by atoms with van der Waals surface area (Å²) in [5.41, 5.74) is 2.33. The zero-order valence-electron chi connectivity index (χ0n) is 17.2. The normalized spacial score (nSPS) is 16.5. The number of rotatable bonds is 5. The summed E-state index contributed by atoms with van der Waals surface area (Å²) in [5, 5.41) is 5.53. The lowest BCUT2D eigenvalue weighted by Gasteiger charge is -2.21. The highest BCUT2D eigenvalue weighted by Gasteiger charge is 2.25. The molecule has 6 heteroatoms. The molecule has 2 aromatic carbocycles. The van der Waals surface area contributed by atoms with Crippen molar-refractivity contribution in [2.75, 3.05) is 31.6 Å². The molecule has 3 heterocycles. The van der Waals surface area contributed by atoms with E-state index in [1.54, 1.807) is 18.4 Å². The van der Waals surface area contributed by atoms with E-state index in [2.05, 4.69) is 46.1 Å². The fourth-order valence-electron chi connectivity index (χ4n) is 4.47. The number of thiophene rings is 1. The van der Waals surface area contributed by atoms with Crippen molar-refractivity contribution in [1.29, 1.82) is 0 Å². The number of ether oxygens (including phenoxy) is 1. The molecule has 0 radical (unpaired) electrons. The molecule has 1 atom stereocenters. The Morgan fingerprint density at radius 3 is 2.83 bits per heavy atom. The lowest BCUT2D eigenvalue weighted by atomic mass is 10.1. The molecular formula is C24H25N3O2S. The van der Waals surface area contributed by atoms with Crippen molar-refractivity contribution in [1.82, 2.24) is 9.88 Å². The number of amides is 1. The zero-order valence-corrected chi connectivity index (χ0v) is 18.0. The molecule has 30 heavy (non-hydrogen) atoms. The second kappa shape index (κ2) is 7.69. The van der Waals surface area contributed by atoms with Crippen LogP contribution in [-0.2, 0) is 7.05 Å². The van der Waals surface area contributed by atoms with E-state index >= 15 is 0 Å². The third kappa shape index (κ3) is 3.21. The SMILES string of the molecule is COc1ccccc1N1CCC(CNC(=O)c2cc3c4ccccc4n(C)c3s2)C1. The number of fused-ring (bicyclic) bond motifs is 3. The number of aromatic nitrogens is 1. The average molecular weight is 420 g/mol. The highest BCUT2D eigenvalue weighted by atomic mass is 32.1. The standard InChI is InChI=1S/C24H25N3O2S/c1-26-19-8-4-3-7-17(19)18-13-22(30-24(18)26)23(28)25-14-16-11-12-27(15-16)20-9-5-6-10-21(20)29-2/h3-10,13,16H,11-12,14-15H2,1-2H3,(H,25,28). The van der Waals surface area contributed by atoms with Gasteiger partial charge in [0.25, 0.3) is 5.91 Å². The number of methoxy groups -OCH3 is 1. The molecule has 4 aromatic rings. The molecule has 1 aliphatic rings. The van der Waals surface area contributed by atoms with Crippen LogP contribution in [0.15, 0.2) is 54.6 Å². The molecule has 0 bridgehead atoms. The van der Waals surface area contributed by atoms with Gasteiger partial charge >= 0.3 is 0 Å². The van der Waals surface area contributed by atoms with E-state index in [0.717, 1.165) is 46.0 Å². The Hall–Kier alpha value is -2.99. The summed E-state index contributed by atoms with van der Waals surface area (Å²) in [6.45, 7) is 2.60. The van der Waals surface area contributed by atoms with E-state index in [9.17, 15) is 4.79 Å². The minimum absolute atomic E-state index is 0.0241. The summed E-state index contributed by atoms with van der Waals surface area (Å²) >= 11 is 1.57. The van der Waals surface area contributed by atoms with Gasteiger partial charge in [0.15, 0.2) is 0 Å². The van der Waals surface area contributed by atoms with Gasteiger partial charge < -0.3 is 19.5 Å². The van der Waals surface area contributed by atoms with Crippen molar-refractivity contribution >= 4 is 44.1 Å². The minimum atomic E-state index is 0.0241. The van der Waals surface area contributed by atoms with Crippen LogP contribution in [0.25, 0.3) is 21.1 Å². The molecule has 1 fully saturated rings. The molecule has 154 valence electrons. The van der Waals surface area contributed by atoms with Crippen molar-refractivity contribution in [3.8, 4) is 5.75 Å². The van der Waals surface area contributed by atoms with Crippen molar-refractivity contribution in [2.24, 2.45) is 13.0 Å². The Bertz CT molecular complexity index is 1230. The molecule has 5 nitrogen and oxygen atoms in total. The first-order valence-corrected chi connectivity index (χ1v) is 11.1. The summed E-state index contributed by atoms with van der Waals surface area (Å²) in [6, 6.07) is 18.5. The van der Waals surface area contributed by atoms with Gasteiger partial charge in [0, 0.05) is 43.0 Å². The molecule has 1 unspecified atom stereocenters.